The first-order valence-corrected chi connectivity index (χ1v) is 13.1. The van der Waals surface area contributed by atoms with Crippen LogP contribution in [0.5, 0.6) is 11.6 Å². The summed E-state index contributed by atoms with van der Waals surface area (Å²) in [5, 5.41) is 0. The van der Waals surface area contributed by atoms with Crippen molar-refractivity contribution in [2.45, 2.75) is 13.0 Å². The molecule has 0 saturated heterocycles. The molecule has 4 aromatic rings. The van der Waals surface area contributed by atoms with E-state index in [0.29, 0.717) is 34.6 Å². The Hall–Kier alpha value is -3.73. The largest absolute Gasteiger partial charge is 0.491 e. The minimum absolute atomic E-state index is 0.0444. The molecule has 0 N–H and O–H groups in total. The summed E-state index contributed by atoms with van der Waals surface area (Å²) in [6.07, 6.45) is 1.08. The Labute approximate surface area is 206 Å². The molecule has 2 heterocycles. The van der Waals surface area contributed by atoms with E-state index in [1.54, 1.807) is 37.3 Å². The van der Waals surface area contributed by atoms with Gasteiger partial charge in [-0.2, -0.15) is 0 Å². The Morgan fingerprint density at radius 1 is 1.08 bits per heavy atom. The molecule has 36 heavy (non-hydrogen) atoms. The van der Waals surface area contributed by atoms with E-state index < -0.39 is 39.0 Å². The monoisotopic (exact) mass is 517 g/mol. The summed E-state index contributed by atoms with van der Waals surface area (Å²) < 4.78 is 66.5. The van der Waals surface area contributed by atoms with Crippen molar-refractivity contribution in [1.29, 1.82) is 0 Å². The van der Waals surface area contributed by atoms with E-state index in [1.165, 1.54) is 35.4 Å². The number of aromatic nitrogens is 3. The average molecular weight is 518 g/mol. The number of benzene rings is 2. The highest BCUT2D eigenvalue weighted by Gasteiger charge is 2.27. The second-order valence-electron chi connectivity index (χ2n) is 8.30. The van der Waals surface area contributed by atoms with Gasteiger partial charge >= 0.3 is 5.69 Å². The Morgan fingerprint density at radius 3 is 2.50 bits per heavy atom. The van der Waals surface area contributed by atoms with Crippen LogP contribution in [0.25, 0.3) is 22.2 Å². The lowest BCUT2D eigenvalue weighted by Crippen LogP contribution is -2.31. The highest BCUT2D eigenvalue weighted by atomic mass is 32.2. The van der Waals surface area contributed by atoms with Gasteiger partial charge < -0.3 is 9.47 Å². The Morgan fingerprint density at radius 2 is 1.83 bits per heavy atom. The Bertz CT molecular complexity index is 1610. The lowest BCUT2D eigenvalue weighted by Gasteiger charge is -2.19. The molecule has 0 saturated carbocycles. The number of nitrogens with zero attached hydrogens (tertiary/aromatic N) is 3. The summed E-state index contributed by atoms with van der Waals surface area (Å²) in [4.78, 5) is 17.9. The van der Waals surface area contributed by atoms with Crippen LogP contribution in [0, 0.1) is 11.6 Å². The van der Waals surface area contributed by atoms with Gasteiger partial charge in [-0.3, -0.25) is 9.13 Å². The van der Waals surface area contributed by atoms with Gasteiger partial charge in [0.1, 0.15) is 9.84 Å². The number of hydrogen-bond donors (Lipinski definition) is 0. The number of ether oxygens (including phenoxy) is 2. The van der Waals surface area contributed by atoms with Gasteiger partial charge in [-0.25, -0.2) is 27.0 Å². The minimum Gasteiger partial charge on any atom is -0.491 e. The van der Waals surface area contributed by atoms with Gasteiger partial charge in [-0.15, -0.1) is 0 Å². The summed E-state index contributed by atoms with van der Waals surface area (Å²) >= 11 is 0. The smallest absolute Gasteiger partial charge is 0.329 e. The topological polar surface area (TPSA) is 92.4 Å². The first kappa shape index (κ1) is 25.4. The zero-order valence-corrected chi connectivity index (χ0v) is 21.0. The quantitative estimate of drug-likeness (QED) is 0.354. The molecule has 4 rings (SSSR count). The maximum atomic E-state index is 14.4. The summed E-state index contributed by atoms with van der Waals surface area (Å²) in [5.74, 6) is -1.85. The molecule has 0 bridgehead atoms. The molecule has 2 aromatic heterocycles. The summed E-state index contributed by atoms with van der Waals surface area (Å²) in [5.41, 5.74) is 1.03. The van der Waals surface area contributed by atoms with Crippen LogP contribution in [-0.4, -0.2) is 48.3 Å². The predicted molar refractivity (Wildman–Crippen MR) is 132 cm³/mol. The van der Waals surface area contributed by atoms with Crippen molar-refractivity contribution in [3.8, 4) is 22.8 Å². The molecule has 0 amide bonds. The fraction of sp³-hybridized carbons (Fsp3) is 0.280. The van der Waals surface area contributed by atoms with Crippen molar-refractivity contribution < 1.29 is 26.7 Å². The van der Waals surface area contributed by atoms with Crippen molar-refractivity contribution in [3.63, 3.8) is 0 Å². The third kappa shape index (κ3) is 4.70. The lowest BCUT2D eigenvalue weighted by atomic mass is 10.0. The van der Waals surface area contributed by atoms with E-state index in [-0.39, 0.29) is 11.4 Å². The first-order valence-electron chi connectivity index (χ1n) is 11.1. The molecule has 2 aromatic carbocycles. The van der Waals surface area contributed by atoms with Gasteiger partial charge in [-0.05, 0) is 42.8 Å². The van der Waals surface area contributed by atoms with E-state index in [1.807, 2.05) is 0 Å². The van der Waals surface area contributed by atoms with Gasteiger partial charge in [0.05, 0.1) is 42.2 Å². The van der Waals surface area contributed by atoms with Gasteiger partial charge in [-0.1, -0.05) is 18.2 Å². The average Bonchev–Trinajstić information content (AvgIpc) is 3.08. The number of rotatable bonds is 8. The molecule has 0 aliphatic heterocycles. The van der Waals surface area contributed by atoms with Crippen LogP contribution in [0.4, 0.5) is 8.78 Å². The van der Waals surface area contributed by atoms with E-state index in [9.17, 15) is 22.0 Å². The Kier molecular flexibility index (Phi) is 6.85. The minimum atomic E-state index is -3.57. The van der Waals surface area contributed by atoms with Gasteiger partial charge in [0.2, 0.25) is 0 Å². The van der Waals surface area contributed by atoms with Crippen LogP contribution in [0.1, 0.15) is 18.7 Å². The molecular formula is C25H25F2N3O5S. The molecule has 1 atom stereocenters. The first-order chi connectivity index (χ1) is 17.1. The van der Waals surface area contributed by atoms with Crippen molar-refractivity contribution >= 4 is 20.9 Å². The third-order valence-electron chi connectivity index (χ3n) is 5.81. The molecule has 0 radical (unpaired) electrons. The maximum Gasteiger partial charge on any atom is 0.329 e. The summed E-state index contributed by atoms with van der Waals surface area (Å²) in [6.45, 7) is 2.08. The van der Waals surface area contributed by atoms with Gasteiger partial charge in [0.25, 0.3) is 5.88 Å². The second-order valence-corrected chi connectivity index (χ2v) is 10.5. The zero-order chi connectivity index (χ0) is 26.2. The fourth-order valence-corrected chi connectivity index (χ4v) is 5.05. The highest BCUT2D eigenvalue weighted by Crippen LogP contribution is 2.32. The van der Waals surface area contributed by atoms with E-state index >= 15 is 0 Å². The molecule has 190 valence electrons. The van der Waals surface area contributed by atoms with E-state index in [4.69, 9.17) is 9.47 Å². The molecule has 8 nitrogen and oxygen atoms in total. The molecule has 11 heteroatoms. The van der Waals surface area contributed by atoms with Crippen LogP contribution in [0.2, 0.25) is 0 Å². The highest BCUT2D eigenvalue weighted by molar-refractivity contribution is 7.90. The number of fused-ring (bicyclic) bond motifs is 1. The van der Waals surface area contributed by atoms with Crippen molar-refractivity contribution in [1.82, 2.24) is 14.1 Å². The number of imidazole rings is 1. The fourth-order valence-electron chi connectivity index (χ4n) is 4.16. The number of hydrogen-bond acceptors (Lipinski definition) is 6. The predicted octanol–water partition coefficient (Wildman–Crippen LogP) is 3.72. The second kappa shape index (κ2) is 9.73. The number of sulfone groups is 1. The SMILES string of the molecule is CCOc1nc([C@@H](CS(C)(=O)=O)n2c(=O)n(C)c3cc(-c4cccc(F)c4F)ccc32)ccc1OC. The van der Waals surface area contributed by atoms with Crippen molar-refractivity contribution in [2.24, 2.45) is 7.05 Å². The molecule has 0 fully saturated rings. The summed E-state index contributed by atoms with van der Waals surface area (Å²) in [6, 6.07) is 10.8. The summed E-state index contributed by atoms with van der Waals surface area (Å²) in [7, 11) is -0.585. The van der Waals surface area contributed by atoms with Gasteiger partial charge in [0.15, 0.2) is 17.4 Å². The number of halogens is 2. The molecule has 0 aliphatic carbocycles. The van der Waals surface area contributed by atoms with Crippen LogP contribution < -0.4 is 15.2 Å². The van der Waals surface area contributed by atoms with Crippen LogP contribution in [0.15, 0.2) is 53.3 Å². The van der Waals surface area contributed by atoms with Crippen LogP contribution in [-0.2, 0) is 16.9 Å². The van der Waals surface area contributed by atoms with E-state index in [2.05, 4.69) is 4.98 Å². The molecule has 0 spiro atoms. The standard InChI is InChI=1S/C25H25F2N3O5S/c1-5-35-24-22(34-3)12-10-18(28-24)21(14-36(4,32)33)30-19-11-9-15(13-20(19)29(2)25(30)31)16-7-6-8-17(26)23(16)27/h6-13,21H,5,14H2,1-4H3/t21-/m1/s1. The van der Waals surface area contributed by atoms with Crippen LogP contribution >= 0.6 is 0 Å². The lowest BCUT2D eigenvalue weighted by molar-refractivity contribution is 0.296. The molecule has 0 aliphatic rings. The number of pyridine rings is 1. The maximum absolute atomic E-state index is 14.4. The van der Waals surface area contributed by atoms with Crippen molar-refractivity contribution in [2.75, 3.05) is 25.7 Å². The van der Waals surface area contributed by atoms with E-state index in [0.717, 1.165) is 12.3 Å². The van der Waals surface area contributed by atoms with Gasteiger partial charge in [0, 0.05) is 18.9 Å². The molecular weight excluding hydrogens is 492 g/mol. The Balaban J connectivity index is 1.94. The number of aryl methyl sites for hydroxylation is 1. The third-order valence-corrected chi connectivity index (χ3v) is 6.73. The number of methoxy groups -OCH3 is 1. The van der Waals surface area contributed by atoms with Crippen molar-refractivity contribution in [3.05, 3.63) is 76.3 Å². The normalized spacial score (nSPS) is 12.6. The van der Waals surface area contributed by atoms with Crippen LogP contribution in [0.3, 0.4) is 0 Å². The molecule has 0 unspecified atom stereocenters. The zero-order valence-electron chi connectivity index (χ0n) is 20.2.